The van der Waals surface area contributed by atoms with Gasteiger partial charge in [0.05, 0.1) is 7.11 Å². The maximum atomic E-state index is 11.9. The molecule has 5 nitrogen and oxygen atoms in total. The summed E-state index contributed by atoms with van der Waals surface area (Å²) >= 11 is 6.01. The monoisotopic (exact) mass is 360 g/mol. The van der Waals surface area contributed by atoms with E-state index in [1.165, 1.54) is 0 Å². The van der Waals surface area contributed by atoms with Gasteiger partial charge in [-0.1, -0.05) is 29.8 Å². The lowest BCUT2D eigenvalue weighted by atomic mass is 10.1. The SMILES string of the molecule is COc1cccc(CCNC(=O)CC(=O)Nc2ccc(C)c(Cl)c2)c1. The zero-order valence-electron chi connectivity index (χ0n) is 14.3. The molecule has 0 saturated heterocycles. The number of benzene rings is 2. The molecule has 0 aliphatic carbocycles. The summed E-state index contributed by atoms with van der Waals surface area (Å²) in [6.45, 7) is 2.33. The maximum Gasteiger partial charge on any atom is 0.233 e. The first-order chi connectivity index (χ1) is 12.0. The normalized spacial score (nSPS) is 10.2. The average molecular weight is 361 g/mol. The molecule has 0 aromatic heterocycles. The number of rotatable bonds is 7. The molecule has 0 aliphatic heterocycles. The third-order valence-electron chi connectivity index (χ3n) is 3.65. The number of amides is 2. The molecule has 0 atom stereocenters. The standard InChI is InChI=1S/C19H21ClN2O3/c1-13-6-7-15(11-17(13)20)22-19(24)12-18(23)21-9-8-14-4-3-5-16(10-14)25-2/h3-7,10-11H,8-9,12H2,1-2H3,(H,21,23)(H,22,24). The fraction of sp³-hybridized carbons (Fsp3) is 0.263. The number of aryl methyl sites for hydroxylation is 1. The molecule has 2 N–H and O–H groups in total. The Morgan fingerprint density at radius 3 is 2.64 bits per heavy atom. The molecule has 2 aromatic rings. The van der Waals surface area contributed by atoms with Crippen molar-refractivity contribution in [1.29, 1.82) is 0 Å². The van der Waals surface area contributed by atoms with Crippen molar-refractivity contribution in [2.75, 3.05) is 19.0 Å². The van der Waals surface area contributed by atoms with Crippen molar-refractivity contribution >= 4 is 29.1 Å². The van der Waals surface area contributed by atoms with E-state index < -0.39 is 0 Å². The van der Waals surface area contributed by atoms with E-state index >= 15 is 0 Å². The second kappa shape index (κ2) is 9.08. The summed E-state index contributed by atoms with van der Waals surface area (Å²) in [7, 11) is 1.61. The number of halogens is 1. The van der Waals surface area contributed by atoms with Crippen LogP contribution < -0.4 is 15.4 Å². The molecule has 0 bridgehead atoms. The van der Waals surface area contributed by atoms with Gasteiger partial charge in [0, 0.05) is 17.3 Å². The van der Waals surface area contributed by atoms with Crippen LogP contribution in [0.2, 0.25) is 5.02 Å². The van der Waals surface area contributed by atoms with Crippen molar-refractivity contribution in [1.82, 2.24) is 5.32 Å². The minimum atomic E-state index is -0.376. The molecule has 0 radical (unpaired) electrons. The van der Waals surface area contributed by atoms with E-state index in [-0.39, 0.29) is 18.2 Å². The molecule has 0 aliphatic rings. The number of carbonyl (C=O) groups is 2. The van der Waals surface area contributed by atoms with Crippen LogP contribution in [0.5, 0.6) is 5.75 Å². The van der Waals surface area contributed by atoms with Gasteiger partial charge >= 0.3 is 0 Å². The van der Waals surface area contributed by atoms with Gasteiger partial charge in [0.15, 0.2) is 0 Å². The largest absolute Gasteiger partial charge is 0.497 e. The van der Waals surface area contributed by atoms with E-state index in [2.05, 4.69) is 10.6 Å². The second-order valence-electron chi connectivity index (χ2n) is 5.64. The summed E-state index contributed by atoms with van der Waals surface area (Å²) in [5.74, 6) is 0.0809. The van der Waals surface area contributed by atoms with Gasteiger partial charge in [-0.3, -0.25) is 9.59 Å². The lowest BCUT2D eigenvalue weighted by molar-refractivity contribution is -0.126. The fourth-order valence-electron chi connectivity index (χ4n) is 2.26. The number of carbonyl (C=O) groups excluding carboxylic acids is 2. The molecule has 0 saturated carbocycles. The van der Waals surface area contributed by atoms with E-state index in [0.29, 0.717) is 23.7 Å². The van der Waals surface area contributed by atoms with Gasteiger partial charge in [0.2, 0.25) is 11.8 Å². The van der Waals surface area contributed by atoms with E-state index in [0.717, 1.165) is 16.9 Å². The van der Waals surface area contributed by atoms with Gasteiger partial charge in [0.25, 0.3) is 0 Å². The Kier molecular flexibility index (Phi) is 6.83. The smallest absolute Gasteiger partial charge is 0.233 e. The maximum absolute atomic E-state index is 11.9. The van der Waals surface area contributed by atoms with Crippen LogP contribution in [0.3, 0.4) is 0 Å². The highest BCUT2D eigenvalue weighted by atomic mass is 35.5. The molecule has 0 unspecified atom stereocenters. The zero-order chi connectivity index (χ0) is 18.2. The number of nitrogens with one attached hydrogen (secondary N) is 2. The van der Waals surface area contributed by atoms with Crippen molar-refractivity contribution in [2.45, 2.75) is 19.8 Å². The predicted molar refractivity (Wildman–Crippen MR) is 99.1 cm³/mol. The highest BCUT2D eigenvalue weighted by molar-refractivity contribution is 6.31. The third-order valence-corrected chi connectivity index (χ3v) is 4.05. The molecule has 25 heavy (non-hydrogen) atoms. The number of hydrogen-bond donors (Lipinski definition) is 2. The lowest BCUT2D eigenvalue weighted by Crippen LogP contribution is -2.29. The Balaban J connectivity index is 1.75. The summed E-state index contributed by atoms with van der Waals surface area (Å²) in [6, 6.07) is 12.9. The van der Waals surface area contributed by atoms with E-state index in [1.54, 1.807) is 19.2 Å². The van der Waals surface area contributed by atoms with E-state index in [4.69, 9.17) is 16.3 Å². The molecule has 132 valence electrons. The first-order valence-electron chi connectivity index (χ1n) is 7.93. The van der Waals surface area contributed by atoms with Crippen LogP contribution in [-0.4, -0.2) is 25.5 Å². The first kappa shape index (κ1) is 18.8. The molecule has 2 amide bonds. The van der Waals surface area contributed by atoms with Gasteiger partial charge in [-0.25, -0.2) is 0 Å². The van der Waals surface area contributed by atoms with Gasteiger partial charge < -0.3 is 15.4 Å². The van der Waals surface area contributed by atoms with E-state index in [9.17, 15) is 9.59 Å². The van der Waals surface area contributed by atoms with E-state index in [1.807, 2.05) is 37.3 Å². The third kappa shape index (κ3) is 6.12. The van der Waals surface area contributed by atoms with Crippen LogP contribution in [0.4, 0.5) is 5.69 Å². The van der Waals surface area contributed by atoms with Crippen molar-refractivity contribution in [3.8, 4) is 5.75 Å². The van der Waals surface area contributed by atoms with Gasteiger partial charge in [-0.15, -0.1) is 0 Å². The van der Waals surface area contributed by atoms with Crippen molar-refractivity contribution < 1.29 is 14.3 Å². The van der Waals surface area contributed by atoms with Gasteiger partial charge in [-0.05, 0) is 48.7 Å². The first-order valence-corrected chi connectivity index (χ1v) is 8.31. The van der Waals surface area contributed by atoms with Gasteiger partial charge in [0.1, 0.15) is 12.2 Å². The number of ether oxygens (including phenoxy) is 1. The summed E-state index contributed by atoms with van der Waals surface area (Å²) in [5, 5.41) is 5.97. The molecular formula is C19H21ClN2O3. The van der Waals surface area contributed by atoms with Crippen LogP contribution in [0.1, 0.15) is 17.5 Å². The fourth-order valence-corrected chi connectivity index (χ4v) is 2.44. The van der Waals surface area contributed by atoms with Crippen molar-refractivity contribution in [3.05, 3.63) is 58.6 Å². The number of hydrogen-bond acceptors (Lipinski definition) is 3. The van der Waals surface area contributed by atoms with Crippen LogP contribution in [0.15, 0.2) is 42.5 Å². The molecule has 2 rings (SSSR count). The second-order valence-corrected chi connectivity index (χ2v) is 6.05. The quantitative estimate of drug-likeness (QED) is 0.744. The van der Waals surface area contributed by atoms with Crippen LogP contribution in [-0.2, 0) is 16.0 Å². The Labute approximate surface area is 152 Å². The molecule has 0 heterocycles. The molecule has 0 spiro atoms. The summed E-state index contributed by atoms with van der Waals surface area (Å²) in [6.07, 6.45) is 0.432. The Hall–Kier alpha value is -2.53. The Bertz CT molecular complexity index is 762. The predicted octanol–water partition coefficient (Wildman–Crippen LogP) is 3.34. The van der Waals surface area contributed by atoms with Crippen LogP contribution in [0, 0.1) is 6.92 Å². The van der Waals surface area contributed by atoms with Crippen molar-refractivity contribution in [3.63, 3.8) is 0 Å². The van der Waals surface area contributed by atoms with Crippen LogP contribution >= 0.6 is 11.6 Å². The highest BCUT2D eigenvalue weighted by Gasteiger charge is 2.10. The summed E-state index contributed by atoms with van der Waals surface area (Å²) in [4.78, 5) is 23.8. The van der Waals surface area contributed by atoms with Crippen LogP contribution in [0.25, 0.3) is 0 Å². The molecule has 2 aromatic carbocycles. The molecule has 6 heteroatoms. The summed E-state index contributed by atoms with van der Waals surface area (Å²) < 4.78 is 5.16. The minimum absolute atomic E-state index is 0.233. The molecule has 0 fully saturated rings. The number of methoxy groups -OCH3 is 1. The average Bonchev–Trinajstić information content (AvgIpc) is 2.58. The highest BCUT2D eigenvalue weighted by Crippen LogP contribution is 2.20. The lowest BCUT2D eigenvalue weighted by Gasteiger charge is -2.08. The Morgan fingerprint density at radius 1 is 1.12 bits per heavy atom. The number of anilines is 1. The van der Waals surface area contributed by atoms with Crippen molar-refractivity contribution in [2.24, 2.45) is 0 Å². The minimum Gasteiger partial charge on any atom is -0.497 e. The molecular weight excluding hydrogens is 340 g/mol. The zero-order valence-corrected chi connectivity index (χ0v) is 15.0. The Morgan fingerprint density at radius 2 is 1.92 bits per heavy atom. The summed E-state index contributed by atoms with van der Waals surface area (Å²) in [5.41, 5.74) is 2.55. The van der Waals surface area contributed by atoms with Gasteiger partial charge in [-0.2, -0.15) is 0 Å². The topological polar surface area (TPSA) is 67.4 Å².